The summed E-state index contributed by atoms with van der Waals surface area (Å²) in [6, 6.07) is 1.65. The Hall–Kier alpha value is 0.270. The zero-order chi connectivity index (χ0) is 9.97. The first-order valence-electron chi connectivity index (χ1n) is 5.80. The molecule has 0 spiro atoms. The van der Waals surface area contributed by atoms with Gasteiger partial charge in [-0.2, -0.15) is 11.8 Å². The molecular weight excluding hydrogens is 192 g/mol. The lowest BCUT2D eigenvalue weighted by molar-refractivity contribution is 0.134. The highest BCUT2D eigenvalue weighted by atomic mass is 32.2. The van der Waals surface area contributed by atoms with Crippen LogP contribution in [0.1, 0.15) is 19.8 Å². The molecule has 0 amide bonds. The van der Waals surface area contributed by atoms with Crippen LogP contribution in [0.4, 0.5) is 0 Å². The molecule has 2 saturated heterocycles. The normalized spacial score (nSPS) is 36.4. The molecule has 2 nitrogen and oxygen atoms in total. The Morgan fingerprint density at radius 3 is 2.43 bits per heavy atom. The van der Waals surface area contributed by atoms with E-state index in [4.69, 9.17) is 0 Å². The number of nitrogens with zero attached hydrogens (tertiary/aromatic N) is 1. The standard InChI is InChI=1S/C11H22N2S/c1-9-7-14-8-11(9)13-5-3-10(12-2)4-6-13/h9-12H,3-8H2,1-2H3. The van der Waals surface area contributed by atoms with Crippen molar-refractivity contribution >= 4 is 11.8 Å². The minimum atomic E-state index is 0.774. The molecule has 2 heterocycles. The van der Waals surface area contributed by atoms with Gasteiger partial charge in [0.15, 0.2) is 0 Å². The Kier molecular flexibility index (Phi) is 3.74. The van der Waals surface area contributed by atoms with E-state index in [-0.39, 0.29) is 0 Å². The Labute approximate surface area is 91.8 Å². The Balaban J connectivity index is 1.82. The lowest BCUT2D eigenvalue weighted by atomic mass is 9.99. The fraction of sp³-hybridized carbons (Fsp3) is 1.00. The molecule has 2 atom stereocenters. The van der Waals surface area contributed by atoms with Gasteiger partial charge in [-0.15, -0.1) is 0 Å². The molecule has 82 valence electrons. The molecule has 0 aromatic heterocycles. The van der Waals surface area contributed by atoms with E-state index in [1.807, 2.05) is 0 Å². The van der Waals surface area contributed by atoms with Crippen molar-refractivity contribution in [2.75, 3.05) is 31.6 Å². The Morgan fingerprint density at radius 2 is 1.93 bits per heavy atom. The van der Waals surface area contributed by atoms with Crippen LogP contribution in [-0.2, 0) is 0 Å². The van der Waals surface area contributed by atoms with E-state index >= 15 is 0 Å². The van der Waals surface area contributed by atoms with Crippen molar-refractivity contribution in [1.29, 1.82) is 0 Å². The van der Waals surface area contributed by atoms with E-state index in [1.54, 1.807) is 0 Å². The van der Waals surface area contributed by atoms with Crippen LogP contribution in [0.25, 0.3) is 0 Å². The van der Waals surface area contributed by atoms with Crippen LogP contribution >= 0.6 is 11.8 Å². The summed E-state index contributed by atoms with van der Waals surface area (Å²) in [6.45, 7) is 5.02. The minimum Gasteiger partial charge on any atom is -0.317 e. The van der Waals surface area contributed by atoms with E-state index in [0.717, 1.165) is 18.0 Å². The third kappa shape index (κ3) is 2.26. The van der Waals surface area contributed by atoms with Crippen molar-refractivity contribution in [2.45, 2.75) is 31.8 Å². The van der Waals surface area contributed by atoms with E-state index < -0.39 is 0 Å². The van der Waals surface area contributed by atoms with Gasteiger partial charge in [0.1, 0.15) is 0 Å². The summed E-state index contributed by atoms with van der Waals surface area (Å²) in [5, 5.41) is 3.39. The predicted octanol–water partition coefficient (Wildman–Crippen LogP) is 1.42. The molecule has 14 heavy (non-hydrogen) atoms. The number of likely N-dealkylation sites (tertiary alicyclic amines) is 1. The van der Waals surface area contributed by atoms with Crippen molar-refractivity contribution in [1.82, 2.24) is 10.2 Å². The van der Waals surface area contributed by atoms with Crippen molar-refractivity contribution in [3.8, 4) is 0 Å². The van der Waals surface area contributed by atoms with E-state index in [1.165, 1.54) is 37.4 Å². The number of rotatable bonds is 2. The highest BCUT2D eigenvalue weighted by Crippen LogP contribution is 2.29. The summed E-state index contributed by atoms with van der Waals surface area (Å²) in [5.74, 6) is 3.65. The number of thioether (sulfide) groups is 1. The van der Waals surface area contributed by atoms with Gasteiger partial charge in [-0.1, -0.05) is 6.92 Å². The van der Waals surface area contributed by atoms with E-state index in [0.29, 0.717) is 0 Å². The lowest BCUT2D eigenvalue weighted by Crippen LogP contribution is -2.47. The van der Waals surface area contributed by atoms with Crippen molar-refractivity contribution < 1.29 is 0 Å². The molecule has 0 aromatic rings. The molecule has 2 aliphatic rings. The maximum Gasteiger partial charge on any atom is 0.0219 e. The van der Waals surface area contributed by atoms with Gasteiger partial charge in [-0.05, 0) is 44.6 Å². The monoisotopic (exact) mass is 214 g/mol. The molecule has 2 unspecified atom stereocenters. The summed E-state index contributed by atoms with van der Waals surface area (Å²) in [4.78, 5) is 2.72. The molecule has 0 aliphatic carbocycles. The minimum absolute atomic E-state index is 0.774. The smallest absolute Gasteiger partial charge is 0.0219 e. The lowest BCUT2D eigenvalue weighted by Gasteiger charge is -2.37. The van der Waals surface area contributed by atoms with Gasteiger partial charge in [-0.25, -0.2) is 0 Å². The van der Waals surface area contributed by atoms with Crippen LogP contribution in [0, 0.1) is 5.92 Å². The molecule has 0 radical (unpaired) electrons. The molecule has 0 aromatic carbocycles. The molecule has 3 heteroatoms. The van der Waals surface area contributed by atoms with Crippen LogP contribution in [0.15, 0.2) is 0 Å². The van der Waals surface area contributed by atoms with Crippen LogP contribution in [0.3, 0.4) is 0 Å². The van der Waals surface area contributed by atoms with Crippen molar-refractivity contribution in [2.24, 2.45) is 5.92 Å². The molecule has 0 saturated carbocycles. The van der Waals surface area contributed by atoms with Gasteiger partial charge >= 0.3 is 0 Å². The molecular formula is C11H22N2S. The fourth-order valence-corrected chi connectivity index (χ4v) is 4.15. The first kappa shape index (κ1) is 10.8. The summed E-state index contributed by atoms with van der Waals surface area (Å²) in [6.07, 6.45) is 2.68. The Morgan fingerprint density at radius 1 is 1.21 bits per heavy atom. The van der Waals surface area contributed by atoms with E-state index in [2.05, 4.69) is 35.9 Å². The van der Waals surface area contributed by atoms with Crippen molar-refractivity contribution in [3.63, 3.8) is 0 Å². The largest absolute Gasteiger partial charge is 0.317 e. The van der Waals surface area contributed by atoms with Crippen LogP contribution < -0.4 is 5.32 Å². The van der Waals surface area contributed by atoms with Gasteiger partial charge in [0.25, 0.3) is 0 Å². The predicted molar refractivity (Wildman–Crippen MR) is 63.9 cm³/mol. The molecule has 2 aliphatic heterocycles. The highest BCUT2D eigenvalue weighted by molar-refractivity contribution is 7.99. The topological polar surface area (TPSA) is 15.3 Å². The zero-order valence-corrected chi connectivity index (χ0v) is 10.1. The van der Waals surface area contributed by atoms with Gasteiger partial charge in [0.2, 0.25) is 0 Å². The van der Waals surface area contributed by atoms with Crippen LogP contribution in [0.5, 0.6) is 0 Å². The maximum absolute atomic E-state index is 3.39. The quantitative estimate of drug-likeness (QED) is 0.748. The van der Waals surface area contributed by atoms with Gasteiger partial charge < -0.3 is 5.32 Å². The van der Waals surface area contributed by atoms with Gasteiger partial charge in [0, 0.05) is 17.8 Å². The Bertz CT molecular complexity index is 178. The maximum atomic E-state index is 3.39. The second-order valence-electron chi connectivity index (χ2n) is 4.68. The number of hydrogen-bond donors (Lipinski definition) is 1. The van der Waals surface area contributed by atoms with Crippen LogP contribution in [-0.4, -0.2) is 48.6 Å². The second-order valence-corrected chi connectivity index (χ2v) is 5.76. The highest BCUT2D eigenvalue weighted by Gasteiger charge is 2.31. The molecule has 2 fully saturated rings. The number of hydrogen-bond acceptors (Lipinski definition) is 3. The summed E-state index contributed by atoms with van der Waals surface area (Å²) >= 11 is 2.13. The van der Waals surface area contributed by atoms with Gasteiger partial charge in [0.05, 0.1) is 0 Å². The number of piperidine rings is 1. The first-order valence-corrected chi connectivity index (χ1v) is 6.96. The third-order valence-corrected chi connectivity index (χ3v) is 5.07. The average molecular weight is 214 g/mol. The molecule has 1 N–H and O–H groups in total. The fourth-order valence-electron chi connectivity index (χ4n) is 2.64. The average Bonchev–Trinajstić information content (AvgIpc) is 2.65. The first-order chi connectivity index (χ1) is 6.81. The SMILES string of the molecule is CNC1CCN(C2CSCC2C)CC1. The summed E-state index contributed by atoms with van der Waals surface area (Å²) in [5.41, 5.74) is 0. The van der Waals surface area contributed by atoms with Crippen LogP contribution in [0.2, 0.25) is 0 Å². The summed E-state index contributed by atoms with van der Waals surface area (Å²) in [7, 11) is 2.09. The molecule has 0 bridgehead atoms. The van der Waals surface area contributed by atoms with Crippen molar-refractivity contribution in [3.05, 3.63) is 0 Å². The van der Waals surface area contributed by atoms with Gasteiger partial charge in [-0.3, -0.25) is 4.90 Å². The third-order valence-electron chi connectivity index (χ3n) is 3.73. The van der Waals surface area contributed by atoms with E-state index in [9.17, 15) is 0 Å². The second kappa shape index (κ2) is 4.86. The number of nitrogens with one attached hydrogen (secondary N) is 1. The molecule has 2 rings (SSSR count). The zero-order valence-electron chi connectivity index (χ0n) is 9.33. The summed E-state index contributed by atoms with van der Waals surface area (Å²) < 4.78 is 0.